The average Bonchev–Trinajstić information content (AvgIpc) is 4.14. The summed E-state index contributed by atoms with van der Waals surface area (Å²) in [6, 6.07) is -0.555. The second-order valence-corrected chi connectivity index (χ2v) is 26.0. The Morgan fingerprint density at radius 1 is 0.973 bits per heavy atom. The Labute approximate surface area is 430 Å². The van der Waals surface area contributed by atoms with Gasteiger partial charge in [0, 0.05) is 72.5 Å². The molecule has 9 aliphatic rings. The molecule has 17 heteroatoms. The van der Waals surface area contributed by atoms with Gasteiger partial charge in [0.15, 0.2) is 6.29 Å². The molecular formula is C56H85N5O12. The molecule has 1 aromatic heterocycles. The van der Waals surface area contributed by atoms with E-state index < -0.39 is 129 Å². The molecule has 1 aromatic rings. The summed E-state index contributed by atoms with van der Waals surface area (Å²) in [5.74, 6) is 3.39. The lowest BCUT2D eigenvalue weighted by Crippen LogP contribution is -2.74. The van der Waals surface area contributed by atoms with Gasteiger partial charge in [-0.05, 0) is 124 Å². The van der Waals surface area contributed by atoms with E-state index in [2.05, 4.69) is 59.3 Å². The highest BCUT2D eigenvalue weighted by Crippen LogP contribution is 2.79. The number of aliphatic carboxylic acids is 1. The average molecular weight is 1020 g/mol. The first-order valence-electron chi connectivity index (χ1n) is 27.7. The van der Waals surface area contributed by atoms with Gasteiger partial charge < -0.3 is 71.7 Å². The number of imidazole rings is 1. The summed E-state index contributed by atoms with van der Waals surface area (Å²) in [5, 5.41) is 98.8. The lowest BCUT2D eigenvalue weighted by Gasteiger charge is -2.74. The number of H-pyrrole nitrogens is 1. The number of nitrogens with zero attached hydrogens (tertiary/aromatic N) is 1. The van der Waals surface area contributed by atoms with E-state index in [1.54, 1.807) is 12.5 Å². The van der Waals surface area contributed by atoms with Crippen molar-refractivity contribution in [2.75, 3.05) is 33.4 Å². The number of hydrogen-bond acceptors (Lipinski definition) is 14. The number of carboxylic acids is 1. The van der Waals surface area contributed by atoms with Crippen LogP contribution in [0.1, 0.15) is 136 Å². The van der Waals surface area contributed by atoms with E-state index in [-0.39, 0.29) is 36.9 Å². The maximum absolute atomic E-state index is 15.3. The molecule has 10 rings (SSSR count). The van der Waals surface area contributed by atoms with Crippen molar-refractivity contribution in [2.45, 2.75) is 179 Å². The number of aromatic amines is 1. The number of carboxylic acid groups (broad SMARTS) is 1. The number of carbonyl (C=O) groups excluding carboxylic acids is 1. The van der Waals surface area contributed by atoms with Gasteiger partial charge in [0.05, 0.1) is 42.6 Å². The lowest BCUT2D eigenvalue weighted by atomic mass is 9.30. The van der Waals surface area contributed by atoms with Crippen LogP contribution >= 0.6 is 0 Å². The Hall–Kier alpha value is -2.99. The Balaban J connectivity index is 1.19. The van der Waals surface area contributed by atoms with Crippen LogP contribution in [0.3, 0.4) is 0 Å². The molecule has 73 heavy (non-hydrogen) atoms. The van der Waals surface area contributed by atoms with E-state index in [0.29, 0.717) is 83.6 Å². The summed E-state index contributed by atoms with van der Waals surface area (Å²) in [6.07, 6.45) is 5.23. The van der Waals surface area contributed by atoms with Crippen molar-refractivity contribution in [1.29, 1.82) is 0 Å². The van der Waals surface area contributed by atoms with Crippen LogP contribution in [0.4, 0.5) is 0 Å². The third-order valence-corrected chi connectivity index (χ3v) is 22.9. The number of ether oxygens (including phenoxy) is 2. The molecule has 2 spiro atoms. The monoisotopic (exact) mass is 1020 g/mol. The van der Waals surface area contributed by atoms with Crippen LogP contribution in [0.15, 0.2) is 24.2 Å². The predicted octanol–water partition coefficient (Wildman–Crippen LogP) is 2.92. The molecule has 4 bridgehead atoms. The van der Waals surface area contributed by atoms with Gasteiger partial charge in [0.25, 0.3) is 0 Å². The number of hydrogen-bond donors (Lipinski definition) is 12. The zero-order valence-corrected chi connectivity index (χ0v) is 43.6. The normalized spacial score (nSPS) is 48.0. The van der Waals surface area contributed by atoms with Crippen molar-refractivity contribution in [3.05, 3.63) is 29.9 Å². The van der Waals surface area contributed by atoms with Gasteiger partial charge in [-0.25, -0.2) is 4.98 Å². The number of allylic oxidation sites excluding steroid dienone is 2. The number of aromatic nitrogens is 2. The third-order valence-electron chi connectivity index (χ3n) is 22.9. The van der Waals surface area contributed by atoms with Crippen LogP contribution in [0.25, 0.3) is 0 Å². The molecule has 22 atom stereocenters. The van der Waals surface area contributed by atoms with Gasteiger partial charge >= 0.3 is 5.97 Å². The maximum Gasteiger partial charge on any atom is 0.310 e. The summed E-state index contributed by atoms with van der Waals surface area (Å²) in [4.78, 5) is 36.8. The molecule has 22 unspecified atom stereocenters. The fraction of sp³-hybridized carbons (Fsp3) is 0.839. The number of carbonyl (C=O) groups is 2. The molecule has 0 aromatic carbocycles. The molecule has 0 radical (unpaired) electrons. The first-order valence-corrected chi connectivity index (χ1v) is 27.7. The molecule has 2 saturated heterocycles. The molecule has 13 N–H and O–H groups in total. The van der Waals surface area contributed by atoms with Crippen LogP contribution in [-0.4, -0.2) is 145 Å². The van der Waals surface area contributed by atoms with Crippen molar-refractivity contribution >= 4 is 11.9 Å². The van der Waals surface area contributed by atoms with Crippen LogP contribution in [0, 0.1) is 91.2 Å². The third kappa shape index (κ3) is 7.75. The number of aliphatic hydroxyl groups is 7. The molecule has 5 saturated carbocycles. The van der Waals surface area contributed by atoms with Gasteiger partial charge in [0.1, 0.15) is 24.5 Å². The van der Waals surface area contributed by atoms with Crippen molar-refractivity contribution in [3.63, 3.8) is 0 Å². The second kappa shape index (κ2) is 19.2. The van der Waals surface area contributed by atoms with Gasteiger partial charge in [-0.15, -0.1) is 5.92 Å². The highest BCUT2D eigenvalue weighted by Gasteiger charge is 2.76. The van der Waals surface area contributed by atoms with Crippen molar-refractivity contribution in [1.82, 2.24) is 20.6 Å². The molecule has 406 valence electrons. The van der Waals surface area contributed by atoms with Gasteiger partial charge in [-0.1, -0.05) is 58.1 Å². The Morgan fingerprint density at radius 3 is 2.37 bits per heavy atom. The fourth-order valence-corrected chi connectivity index (χ4v) is 19.1. The van der Waals surface area contributed by atoms with E-state index in [1.807, 2.05) is 14.0 Å². The number of nitrogens with two attached hydrogens (primary N) is 1. The van der Waals surface area contributed by atoms with Crippen LogP contribution in [-0.2, 0) is 19.1 Å². The Bertz CT molecular complexity index is 2320. The predicted molar refractivity (Wildman–Crippen MR) is 267 cm³/mol. The highest BCUT2D eigenvalue weighted by atomic mass is 16.7. The summed E-state index contributed by atoms with van der Waals surface area (Å²) in [6.45, 7) is 8.42. The van der Waals surface area contributed by atoms with Gasteiger partial charge in [-0.3, -0.25) is 9.59 Å². The van der Waals surface area contributed by atoms with E-state index in [4.69, 9.17) is 15.2 Å². The van der Waals surface area contributed by atoms with Crippen LogP contribution in [0.5, 0.6) is 0 Å². The Morgan fingerprint density at radius 2 is 1.71 bits per heavy atom. The molecule has 1 amide bonds. The van der Waals surface area contributed by atoms with E-state index in [0.717, 1.165) is 25.0 Å². The Kier molecular flexibility index (Phi) is 14.0. The summed E-state index contributed by atoms with van der Waals surface area (Å²) in [5.41, 5.74) is 3.14. The summed E-state index contributed by atoms with van der Waals surface area (Å²) in [7, 11) is 1.81. The lowest BCUT2D eigenvalue weighted by molar-refractivity contribution is -0.343. The molecule has 7 fully saturated rings. The minimum atomic E-state index is -1.67. The first-order chi connectivity index (χ1) is 34.7. The van der Waals surface area contributed by atoms with Gasteiger partial charge in [-0.2, -0.15) is 0 Å². The van der Waals surface area contributed by atoms with Gasteiger partial charge in [0.2, 0.25) is 5.91 Å². The highest BCUT2D eigenvalue weighted by molar-refractivity contribution is 5.86. The quantitative estimate of drug-likeness (QED) is 0.0586. The van der Waals surface area contributed by atoms with E-state index in [9.17, 15) is 45.6 Å². The molecule has 17 nitrogen and oxygen atoms in total. The second-order valence-electron chi connectivity index (χ2n) is 26.0. The standard InChI is InChI=1S/C56H85N5O12/c1-50(27-62)18-19-54(49(70)71)20-21-56-16-7-6-10-31(39-41(61-48(69)55(39)14-8-9-15-55)32(35-25-59-29-60-35)22-30(24-58-5)46(57)68)40-43(66)45(73-47-44(67)42(65)36(64)26-72-47)51(2,28-63)37-13-17-52(56,3)38(53(37,40)4)12-11-33(56)34(54)23-50/h11,25,29-32,34,36-47,58,62-68H,7-9,12-24,26-28,57H2,1-5H3,(H,59,60)(H,61,69)(H,70,71). The minimum Gasteiger partial charge on any atom is -0.481 e. The smallest absolute Gasteiger partial charge is 0.310 e. The zero-order chi connectivity index (χ0) is 52.3. The maximum atomic E-state index is 15.3. The number of fused-ring (bicyclic) bond motifs is 2. The molecular weight excluding hydrogens is 935 g/mol. The number of amides is 1. The SMILES string of the molecule is CNCC(CC(c1cnc[nH]1)C1NC(=O)C2(CCCC2)C1C1C#CCCC23CCC4(C(=O)O)CCC(C)(CO)CC4C2=CCC2C4(C)C1C(O)C(OC1OCC(O)C(O)C1O)C(C)(CO)C4CCC23C)C(N)O. The van der Waals surface area contributed by atoms with Crippen molar-refractivity contribution < 1.29 is 59.9 Å². The number of nitrogens with one attached hydrogen (secondary N) is 3. The van der Waals surface area contributed by atoms with Crippen LogP contribution < -0.4 is 16.4 Å². The fourth-order valence-electron chi connectivity index (χ4n) is 19.1. The van der Waals surface area contributed by atoms with Crippen molar-refractivity contribution in [2.24, 2.45) is 85.1 Å². The molecule has 2 aliphatic heterocycles. The largest absolute Gasteiger partial charge is 0.481 e. The number of aliphatic hydroxyl groups excluding tert-OH is 7. The zero-order valence-electron chi connectivity index (χ0n) is 43.6. The minimum absolute atomic E-state index is 0.0256. The van der Waals surface area contributed by atoms with Crippen molar-refractivity contribution in [3.8, 4) is 11.8 Å². The molecule has 3 heterocycles. The topological polar surface area (TPSA) is 293 Å². The summed E-state index contributed by atoms with van der Waals surface area (Å²) < 4.78 is 12.8. The first kappa shape index (κ1) is 53.4. The summed E-state index contributed by atoms with van der Waals surface area (Å²) >= 11 is 0. The van der Waals surface area contributed by atoms with Crippen LogP contribution in [0.2, 0.25) is 0 Å². The molecule has 7 aliphatic carbocycles. The van der Waals surface area contributed by atoms with E-state index in [1.165, 1.54) is 5.57 Å². The van der Waals surface area contributed by atoms with E-state index >= 15 is 4.79 Å². The number of rotatable bonds is 13.